The van der Waals surface area contributed by atoms with Crippen LogP contribution >= 0.6 is 0 Å². The van der Waals surface area contributed by atoms with Crippen molar-refractivity contribution in [3.8, 4) is 11.1 Å². The number of hydrogen-bond donors (Lipinski definition) is 1. The Balaban J connectivity index is 1.50. The van der Waals surface area contributed by atoms with Crippen molar-refractivity contribution < 1.29 is 23.1 Å². The highest BCUT2D eigenvalue weighted by Gasteiger charge is 2.49. The van der Waals surface area contributed by atoms with Gasteiger partial charge in [-0.1, -0.05) is 18.2 Å². The molecule has 2 aliphatic heterocycles. The smallest absolute Gasteiger partial charge is 0.254 e. The number of carbonyl (C=O) groups excluding carboxylic acids is 2. The van der Waals surface area contributed by atoms with Gasteiger partial charge in [0.05, 0.1) is 25.2 Å². The van der Waals surface area contributed by atoms with Crippen LogP contribution in [0.2, 0.25) is 0 Å². The summed E-state index contributed by atoms with van der Waals surface area (Å²) in [6.07, 6.45) is 2.88. The molecular weight excluding hydrogens is 444 g/mol. The van der Waals surface area contributed by atoms with E-state index in [1.807, 2.05) is 11.0 Å². The molecule has 0 atom stereocenters. The summed E-state index contributed by atoms with van der Waals surface area (Å²) >= 11 is 0. The Morgan fingerprint density at radius 3 is 2.56 bits per heavy atom. The van der Waals surface area contributed by atoms with Crippen LogP contribution in [0.3, 0.4) is 0 Å². The van der Waals surface area contributed by atoms with E-state index in [9.17, 15) is 18.4 Å². The summed E-state index contributed by atoms with van der Waals surface area (Å²) in [6.45, 7) is 1.40. The van der Waals surface area contributed by atoms with E-state index in [1.165, 1.54) is 36.5 Å². The zero-order valence-electron chi connectivity index (χ0n) is 18.3. The summed E-state index contributed by atoms with van der Waals surface area (Å²) < 4.78 is 33.3. The molecule has 0 radical (unpaired) electrons. The zero-order valence-corrected chi connectivity index (χ0v) is 18.3. The van der Waals surface area contributed by atoms with Crippen LogP contribution in [0.4, 0.5) is 20.4 Å². The first kappa shape index (κ1) is 21.9. The fourth-order valence-corrected chi connectivity index (χ4v) is 4.44. The Morgan fingerprint density at radius 1 is 1.18 bits per heavy atom. The van der Waals surface area contributed by atoms with Crippen molar-refractivity contribution in [1.29, 1.82) is 0 Å². The first-order valence-corrected chi connectivity index (χ1v) is 10.6. The van der Waals surface area contributed by atoms with Crippen LogP contribution in [0.1, 0.15) is 15.9 Å². The Labute approximate surface area is 194 Å². The predicted molar refractivity (Wildman–Crippen MR) is 119 cm³/mol. The summed E-state index contributed by atoms with van der Waals surface area (Å²) in [6, 6.07) is 9.29. The molecule has 5 rings (SSSR count). The van der Waals surface area contributed by atoms with Crippen LogP contribution in [0.15, 0.2) is 48.8 Å². The van der Waals surface area contributed by atoms with Gasteiger partial charge in [-0.3, -0.25) is 9.59 Å². The highest BCUT2D eigenvalue weighted by atomic mass is 19.2. The minimum atomic E-state index is -0.959. The lowest BCUT2D eigenvalue weighted by molar-refractivity contribution is -0.118. The number of nitrogens with two attached hydrogens (primary N) is 1. The highest BCUT2D eigenvalue weighted by molar-refractivity contribution is 5.97. The van der Waals surface area contributed by atoms with Gasteiger partial charge in [0.1, 0.15) is 0 Å². The maximum atomic E-state index is 14.2. The first-order chi connectivity index (χ1) is 16.3. The second-order valence-electron chi connectivity index (χ2n) is 8.59. The van der Waals surface area contributed by atoms with Gasteiger partial charge in [-0.25, -0.2) is 18.7 Å². The number of nitrogens with zero attached hydrogens (tertiary/aromatic N) is 4. The van der Waals surface area contributed by atoms with Gasteiger partial charge in [-0.15, -0.1) is 0 Å². The zero-order chi connectivity index (χ0) is 24.0. The lowest BCUT2D eigenvalue weighted by Crippen LogP contribution is -2.49. The predicted octanol–water partition coefficient (Wildman–Crippen LogP) is 2.40. The molecule has 10 heteroatoms. The summed E-state index contributed by atoms with van der Waals surface area (Å²) in [4.78, 5) is 36.0. The molecule has 1 saturated heterocycles. The monoisotopic (exact) mass is 465 g/mol. The topological polar surface area (TPSA) is 102 Å². The molecule has 0 bridgehead atoms. The van der Waals surface area contributed by atoms with Crippen LogP contribution < -0.4 is 10.6 Å². The number of ether oxygens (including phenoxy) is 1. The molecule has 2 N–H and O–H groups in total. The minimum absolute atomic E-state index is 0.0719. The third-order valence-corrected chi connectivity index (χ3v) is 6.21. The molecule has 34 heavy (non-hydrogen) atoms. The van der Waals surface area contributed by atoms with Crippen molar-refractivity contribution in [2.24, 2.45) is 5.73 Å². The van der Waals surface area contributed by atoms with E-state index in [0.717, 1.165) is 17.3 Å². The SMILES string of the molecule is CN(CC(N)=O)C(=O)c1ccc2c(c1)N(c1ncc(-c3cccc(F)c3F)cn1)CC21COC1. The number of aromatic nitrogens is 2. The van der Waals surface area contributed by atoms with E-state index >= 15 is 0 Å². The van der Waals surface area contributed by atoms with Crippen molar-refractivity contribution in [3.63, 3.8) is 0 Å². The number of benzene rings is 2. The normalized spacial score (nSPS) is 15.7. The highest BCUT2D eigenvalue weighted by Crippen LogP contribution is 2.47. The molecule has 174 valence electrons. The number of hydrogen-bond acceptors (Lipinski definition) is 6. The van der Waals surface area contributed by atoms with Gasteiger partial charge in [-0.2, -0.15) is 0 Å². The van der Waals surface area contributed by atoms with E-state index in [0.29, 0.717) is 36.8 Å². The molecule has 2 aliphatic rings. The Bertz CT molecular complexity index is 1290. The van der Waals surface area contributed by atoms with E-state index in [4.69, 9.17) is 10.5 Å². The Morgan fingerprint density at radius 2 is 1.91 bits per heavy atom. The van der Waals surface area contributed by atoms with Crippen LogP contribution in [0.25, 0.3) is 11.1 Å². The maximum absolute atomic E-state index is 14.2. The molecule has 0 aliphatic carbocycles. The third kappa shape index (κ3) is 3.56. The maximum Gasteiger partial charge on any atom is 0.254 e. The second-order valence-corrected chi connectivity index (χ2v) is 8.59. The van der Waals surface area contributed by atoms with Crippen molar-refractivity contribution in [1.82, 2.24) is 14.9 Å². The van der Waals surface area contributed by atoms with Gasteiger partial charge in [0.15, 0.2) is 11.6 Å². The summed E-state index contributed by atoms with van der Waals surface area (Å²) in [7, 11) is 1.51. The Hall–Kier alpha value is -3.92. The Kier molecular flexibility index (Phi) is 5.24. The lowest BCUT2D eigenvalue weighted by Gasteiger charge is -2.38. The minimum Gasteiger partial charge on any atom is -0.379 e. The third-order valence-electron chi connectivity index (χ3n) is 6.21. The number of carbonyl (C=O) groups is 2. The summed E-state index contributed by atoms with van der Waals surface area (Å²) in [5, 5.41) is 0. The number of halogens is 2. The van der Waals surface area contributed by atoms with Crippen molar-refractivity contribution >= 4 is 23.5 Å². The van der Waals surface area contributed by atoms with Crippen molar-refractivity contribution in [3.05, 3.63) is 71.6 Å². The average Bonchev–Trinajstić information content (AvgIpc) is 3.15. The molecule has 8 nitrogen and oxygen atoms in total. The molecule has 1 fully saturated rings. The van der Waals surface area contributed by atoms with Gasteiger partial charge in [0, 0.05) is 48.4 Å². The fourth-order valence-electron chi connectivity index (χ4n) is 4.44. The van der Waals surface area contributed by atoms with Gasteiger partial charge in [-0.05, 0) is 23.8 Å². The quantitative estimate of drug-likeness (QED) is 0.621. The molecule has 0 unspecified atom stereocenters. The van der Waals surface area contributed by atoms with Gasteiger partial charge in [0.25, 0.3) is 5.91 Å². The van der Waals surface area contributed by atoms with Crippen molar-refractivity contribution in [2.75, 3.05) is 38.3 Å². The van der Waals surface area contributed by atoms with Crippen LogP contribution in [-0.4, -0.2) is 60.0 Å². The molecular formula is C24H21F2N5O3. The van der Waals surface area contributed by atoms with Crippen molar-refractivity contribution in [2.45, 2.75) is 5.41 Å². The van der Waals surface area contributed by atoms with Gasteiger partial charge in [0.2, 0.25) is 11.9 Å². The number of likely N-dealkylation sites (N-methyl/N-ethyl adjacent to an activating group) is 1. The molecule has 3 aromatic rings. The molecule has 0 saturated carbocycles. The number of fused-ring (bicyclic) bond motifs is 2. The van der Waals surface area contributed by atoms with E-state index in [2.05, 4.69) is 9.97 Å². The number of amides is 2. The van der Waals surface area contributed by atoms with Gasteiger partial charge >= 0.3 is 0 Å². The molecule has 2 amide bonds. The summed E-state index contributed by atoms with van der Waals surface area (Å²) in [5.41, 5.74) is 7.55. The van der Waals surface area contributed by atoms with E-state index in [-0.39, 0.29) is 23.4 Å². The van der Waals surface area contributed by atoms with E-state index in [1.54, 1.807) is 12.1 Å². The first-order valence-electron chi connectivity index (χ1n) is 10.6. The molecule has 3 heterocycles. The average molecular weight is 465 g/mol. The van der Waals surface area contributed by atoms with Gasteiger partial charge < -0.3 is 20.3 Å². The van der Waals surface area contributed by atoms with Crippen LogP contribution in [0.5, 0.6) is 0 Å². The van der Waals surface area contributed by atoms with Crippen LogP contribution in [-0.2, 0) is 14.9 Å². The second kappa shape index (κ2) is 8.14. The van der Waals surface area contributed by atoms with Crippen LogP contribution in [0, 0.1) is 11.6 Å². The fraction of sp³-hybridized carbons (Fsp3) is 0.250. The number of rotatable bonds is 5. The van der Waals surface area contributed by atoms with E-state index < -0.39 is 17.5 Å². The molecule has 1 spiro atoms. The largest absolute Gasteiger partial charge is 0.379 e. The molecule has 1 aromatic heterocycles. The molecule has 2 aromatic carbocycles. The number of primary amides is 1. The lowest BCUT2D eigenvalue weighted by atomic mass is 9.80. The summed E-state index contributed by atoms with van der Waals surface area (Å²) in [5.74, 6) is -2.49. The standard InChI is InChI=1S/C24H21F2N5O3/c1-30(10-20(27)32)22(33)14-5-6-17-19(7-14)31(11-24(17)12-34-13-24)23-28-8-15(9-29-23)16-3-2-4-18(25)21(16)26/h2-9H,10-13H2,1H3,(H2,27,32). The number of anilines is 2.